The van der Waals surface area contributed by atoms with E-state index >= 15 is 0 Å². The molecule has 2 heterocycles. The summed E-state index contributed by atoms with van der Waals surface area (Å²) in [5.41, 5.74) is 1.04. The molecule has 2 aromatic rings. The maximum absolute atomic E-state index is 11.3. The predicted octanol–water partition coefficient (Wildman–Crippen LogP) is 2.00. The fraction of sp³-hybridized carbons (Fsp3) is 0.111. The highest BCUT2D eigenvalue weighted by Crippen LogP contribution is 2.23. The minimum absolute atomic E-state index is 0.369. The van der Waals surface area contributed by atoms with Gasteiger partial charge in [0, 0.05) is 17.8 Å². The SMILES string of the molecule is COC(=O)c1cnc(Cl)c2cc[nH]c12. The molecule has 14 heavy (non-hydrogen) atoms. The Kier molecular flexibility index (Phi) is 2.13. The molecule has 0 amide bonds. The summed E-state index contributed by atoms with van der Waals surface area (Å²) >= 11 is 5.84. The standard InChI is InChI=1S/C9H7ClN2O2/c1-14-9(13)6-4-12-8(10)5-2-3-11-7(5)6/h2-4,11H,1H3. The first kappa shape index (κ1) is 9.02. The Balaban J connectivity index is 2.72. The lowest BCUT2D eigenvalue weighted by molar-refractivity contribution is 0.0602. The Bertz CT molecular complexity index is 493. The third-order valence-corrected chi connectivity index (χ3v) is 2.25. The lowest BCUT2D eigenvalue weighted by Crippen LogP contribution is -2.02. The predicted molar refractivity (Wildman–Crippen MR) is 52.4 cm³/mol. The first-order chi connectivity index (χ1) is 6.74. The summed E-state index contributed by atoms with van der Waals surface area (Å²) in [6, 6.07) is 1.76. The number of nitrogens with zero attached hydrogens (tertiary/aromatic N) is 1. The van der Waals surface area contributed by atoms with Crippen molar-refractivity contribution in [2.75, 3.05) is 7.11 Å². The number of nitrogens with one attached hydrogen (secondary N) is 1. The van der Waals surface area contributed by atoms with E-state index in [1.165, 1.54) is 13.3 Å². The van der Waals surface area contributed by atoms with Gasteiger partial charge in [0.15, 0.2) is 0 Å². The number of pyridine rings is 1. The summed E-state index contributed by atoms with van der Waals surface area (Å²) in [7, 11) is 1.33. The van der Waals surface area contributed by atoms with Crippen molar-refractivity contribution < 1.29 is 9.53 Å². The van der Waals surface area contributed by atoms with Crippen LogP contribution in [0.15, 0.2) is 18.5 Å². The first-order valence-electron chi connectivity index (χ1n) is 3.94. The molecular weight excluding hydrogens is 204 g/mol. The molecule has 0 atom stereocenters. The van der Waals surface area contributed by atoms with Crippen LogP contribution in [0.2, 0.25) is 5.15 Å². The van der Waals surface area contributed by atoms with Gasteiger partial charge < -0.3 is 9.72 Å². The van der Waals surface area contributed by atoms with Crippen molar-refractivity contribution in [3.05, 3.63) is 29.2 Å². The number of methoxy groups -OCH3 is 1. The second-order valence-corrected chi connectivity index (χ2v) is 3.08. The molecule has 0 aliphatic carbocycles. The molecule has 5 heteroatoms. The van der Waals surface area contributed by atoms with Gasteiger partial charge in [0.25, 0.3) is 0 Å². The van der Waals surface area contributed by atoms with Crippen molar-refractivity contribution in [2.45, 2.75) is 0 Å². The van der Waals surface area contributed by atoms with Crippen LogP contribution < -0.4 is 0 Å². The lowest BCUT2D eigenvalue weighted by atomic mass is 10.2. The number of fused-ring (bicyclic) bond motifs is 1. The van der Waals surface area contributed by atoms with E-state index in [0.717, 1.165) is 5.39 Å². The quantitative estimate of drug-likeness (QED) is 0.579. The Morgan fingerprint density at radius 1 is 1.64 bits per heavy atom. The van der Waals surface area contributed by atoms with E-state index in [9.17, 15) is 4.79 Å². The van der Waals surface area contributed by atoms with Gasteiger partial charge in [0.2, 0.25) is 0 Å². The molecule has 0 spiro atoms. The number of halogens is 1. The number of aromatic nitrogens is 2. The van der Waals surface area contributed by atoms with Crippen molar-refractivity contribution in [1.29, 1.82) is 0 Å². The van der Waals surface area contributed by atoms with Crippen LogP contribution in [-0.4, -0.2) is 23.0 Å². The van der Waals surface area contributed by atoms with E-state index in [1.54, 1.807) is 12.3 Å². The number of H-pyrrole nitrogens is 1. The number of aromatic amines is 1. The van der Waals surface area contributed by atoms with Gasteiger partial charge in [-0.05, 0) is 6.07 Å². The van der Waals surface area contributed by atoms with Crippen molar-refractivity contribution in [3.8, 4) is 0 Å². The minimum atomic E-state index is -0.429. The van der Waals surface area contributed by atoms with Gasteiger partial charge in [-0.25, -0.2) is 9.78 Å². The number of hydrogen-bond acceptors (Lipinski definition) is 3. The molecule has 0 saturated carbocycles. The fourth-order valence-electron chi connectivity index (χ4n) is 1.28. The van der Waals surface area contributed by atoms with Crippen LogP contribution >= 0.6 is 11.6 Å². The van der Waals surface area contributed by atoms with Crippen molar-refractivity contribution in [3.63, 3.8) is 0 Å². The molecule has 0 aromatic carbocycles. The molecule has 72 valence electrons. The van der Waals surface area contributed by atoms with Crippen LogP contribution in [0.4, 0.5) is 0 Å². The topological polar surface area (TPSA) is 55.0 Å². The van der Waals surface area contributed by atoms with Crippen LogP contribution in [0, 0.1) is 0 Å². The summed E-state index contributed by atoms with van der Waals surface area (Å²) in [6.07, 6.45) is 3.09. The monoisotopic (exact) mass is 210 g/mol. The van der Waals surface area contributed by atoms with Gasteiger partial charge in [0.05, 0.1) is 12.6 Å². The van der Waals surface area contributed by atoms with Crippen LogP contribution in [0.1, 0.15) is 10.4 Å². The molecule has 2 rings (SSSR count). The van der Waals surface area contributed by atoms with Gasteiger partial charge in [0.1, 0.15) is 10.7 Å². The second-order valence-electron chi connectivity index (χ2n) is 2.72. The highest BCUT2D eigenvalue weighted by atomic mass is 35.5. The Labute approximate surface area is 84.9 Å². The van der Waals surface area contributed by atoms with E-state index < -0.39 is 5.97 Å². The zero-order chi connectivity index (χ0) is 10.1. The van der Waals surface area contributed by atoms with Gasteiger partial charge in [-0.1, -0.05) is 11.6 Å². The summed E-state index contributed by atoms with van der Waals surface area (Å²) in [6.45, 7) is 0. The number of rotatable bonds is 1. The summed E-state index contributed by atoms with van der Waals surface area (Å²) in [5, 5.41) is 1.09. The molecular formula is C9H7ClN2O2. The molecule has 1 N–H and O–H groups in total. The molecule has 2 aromatic heterocycles. The molecule has 4 nitrogen and oxygen atoms in total. The average molecular weight is 211 g/mol. The van der Waals surface area contributed by atoms with Crippen LogP contribution in [0.5, 0.6) is 0 Å². The summed E-state index contributed by atoms with van der Waals surface area (Å²) in [4.78, 5) is 18.1. The fourth-order valence-corrected chi connectivity index (χ4v) is 1.49. The number of carbonyl (C=O) groups is 1. The van der Waals surface area contributed by atoms with Crippen molar-refractivity contribution in [2.24, 2.45) is 0 Å². The molecule has 0 aliphatic rings. The lowest BCUT2D eigenvalue weighted by Gasteiger charge is -2.01. The van der Waals surface area contributed by atoms with E-state index in [2.05, 4.69) is 14.7 Å². The Morgan fingerprint density at radius 3 is 3.14 bits per heavy atom. The molecule has 0 unspecified atom stereocenters. The molecule has 0 saturated heterocycles. The highest BCUT2D eigenvalue weighted by Gasteiger charge is 2.13. The largest absolute Gasteiger partial charge is 0.465 e. The minimum Gasteiger partial charge on any atom is -0.465 e. The number of carbonyl (C=O) groups excluding carboxylic acids is 1. The summed E-state index contributed by atoms with van der Waals surface area (Å²) in [5.74, 6) is -0.429. The number of ether oxygens (including phenoxy) is 1. The van der Waals surface area contributed by atoms with E-state index in [0.29, 0.717) is 16.2 Å². The zero-order valence-corrected chi connectivity index (χ0v) is 8.13. The molecule has 0 radical (unpaired) electrons. The average Bonchev–Trinajstić information content (AvgIpc) is 2.67. The normalized spacial score (nSPS) is 10.4. The van der Waals surface area contributed by atoms with Crippen LogP contribution in [0.25, 0.3) is 10.9 Å². The smallest absolute Gasteiger partial charge is 0.341 e. The van der Waals surface area contributed by atoms with Gasteiger partial charge in [-0.2, -0.15) is 0 Å². The first-order valence-corrected chi connectivity index (χ1v) is 4.31. The Hall–Kier alpha value is -1.55. The maximum Gasteiger partial charge on any atom is 0.341 e. The van der Waals surface area contributed by atoms with E-state index in [-0.39, 0.29) is 0 Å². The van der Waals surface area contributed by atoms with Gasteiger partial charge >= 0.3 is 5.97 Å². The molecule has 0 fully saturated rings. The zero-order valence-electron chi connectivity index (χ0n) is 7.37. The van der Waals surface area contributed by atoms with Gasteiger partial charge in [-0.3, -0.25) is 0 Å². The third-order valence-electron chi connectivity index (χ3n) is 1.95. The second kappa shape index (κ2) is 3.31. The number of esters is 1. The van der Waals surface area contributed by atoms with E-state index in [1.807, 2.05) is 0 Å². The third kappa shape index (κ3) is 1.24. The van der Waals surface area contributed by atoms with Crippen LogP contribution in [0.3, 0.4) is 0 Å². The van der Waals surface area contributed by atoms with Crippen molar-refractivity contribution >= 4 is 28.5 Å². The van der Waals surface area contributed by atoms with E-state index in [4.69, 9.17) is 11.6 Å². The molecule has 0 aliphatic heterocycles. The molecule has 0 bridgehead atoms. The summed E-state index contributed by atoms with van der Waals surface area (Å²) < 4.78 is 4.61. The Morgan fingerprint density at radius 2 is 2.43 bits per heavy atom. The van der Waals surface area contributed by atoms with Gasteiger partial charge in [-0.15, -0.1) is 0 Å². The maximum atomic E-state index is 11.3. The highest BCUT2D eigenvalue weighted by molar-refractivity contribution is 6.34. The van der Waals surface area contributed by atoms with Crippen molar-refractivity contribution in [1.82, 2.24) is 9.97 Å². The van der Waals surface area contributed by atoms with Crippen LogP contribution in [-0.2, 0) is 4.74 Å². The number of hydrogen-bond donors (Lipinski definition) is 1.